The first kappa shape index (κ1) is 21.6. The Balaban J connectivity index is 1.55. The molecule has 0 fully saturated rings. The first-order valence-electron chi connectivity index (χ1n) is 10.1. The highest BCUT2D eigenvalue weighted by Crippen LogP contribution is 2.37. The van der Waals surface area contributed by atoms with E-state index in [9.17, 15) is 4.79 Å². The molecule has 0 radical (unpaired) electrons. The molecule has 0 bridgehead atoms. The van der Waals surface area contributed by atoms with Gasteiger partial charge in [0.25, 0.3) is 0 Å². The molecule has 0 saturated heterocycles. The van der Waals surface area contributed by atoms with E-state index in [1.54, 1.807) is 6.92 Å². The average molecular weight is 458 g/mol. The SMILES string of the molecule is CCOC(=O)/C(C)=C/c1cc(Br)c2c(c1)CCN2CCCOCc1ccccc1. The molecule has 0 unspecified atom stereocenters. The van der Waals surface area contributed by atoms with Gasteiger partial charge in [0.2, 0.25) is 0 Å². The van der Waals surface area contributed by atoms with Crippen LogP contribution in [0.4, 0.5) is 5.69 Å². The number of nitrogens with zero attached hydrogens (tertiary/aromatic N) is 1. The fourth-order valence-corrected chi connectivity index (χ4v) is 4.34. The van der Waals surface area contributed by atoms with Crippen LogP contribution < -0.4 is 4.90 Å². The van der Waals surface area contributed by atoms with Crippen LogP contribution in [-0.4, -0.2) is 32.3 Å². The molecule has 1 aliphatic rings. The number of hydrogen-bond donors (Lipinski definition) is 0. The molecule has 2 aromatic rings. The van der Waals surface area contributed by atoms with E-state index >= 15 is 0 Å². The van der Waals surface area contributed by atoms with E-state index in [-0.39, 0.29) is 5.97 Å². The standard InChI is InChI=1S/C24H28BrNO3/c1-3-29-24(27)18(2)14-20-15-21-10-12-26(23(21)22(25)16-20)11-7-13-28-17-19-8-5-4-6-9-19/h4-6,8-9,14-16H,3,7,10-13,17H2,1-2H3/b18-14+. The lowest BCUT2D eigenvalue weighted by Crippen LogP contribution is -2.23. The van der Waals surface area contributed by atoms with Crippen LogP contribution in [0.1, 0.15) is 37.0 Å². The van der Waals surface area contributed by atoms with Crippen LogP contribution in [0.5, 0.6) is 0 Å². The number of hydrogen-bond acceptors (Lipinski definition) is 4. The fraction of sp³-hybridized carbons (Fsp3) is 0.375. The summed E-state index contributed by atoms with van der Waals surface area (Å²) in [6.45, 7) is 7.39. The van der Waals surface area contributed by atoms with Gasteiger partial charge in [0.1, 0.15) is 0 Å². The van der Waals surface area contributed by atoms with E-state index in [2.05, 4.69) is 45.1 Å². The van der Waals surface area contributed by atoms with Gasteiger partial charge in [0, 0.05) is 29.7 Å². The largest absolute Gasteiger partial charge is 0.463 e. The number of anilines is 1. The predicted molar refractivity (Wildman–Crippen MR) is 121 cm³/mol. The minimum Gasteiger partial charge on any atom is -0.463 e. The molecular formula is C24H28BrNO3. The zero-order valence-electron chi connectivity index (χ0n) is 17.1. The number of rotatable bonds is 9. The van der Waals surface area contributed by atoms with E-state index in [0.29, 0.717) is 18.8 Å². The van der Waals surface area contributed by atoms with Gasteiger partial charge in [-0.2, -0.15) is 0 Å². The van der Waals surface area contributed by atoms with Crippen LogP contribution in [-0.2, 0) is 27.3 Å². The van der Waals surface area contributed by atoms with Gasteiger partial charge in [0.15, 0.2) is 0 Å². The Morgan fingerprint density at radius 2 is 2.03 bits per heavy atom. The Bertz CT molecular complexity index is 864. The molecule has 4 nitrogen and oxygen atoms in total. The molecule has 0 N–H and O–H groups in total. The van der Waals surface area contributed by atoms with Crippen molar-refractivity contribution in [3.63, 3.8) is 0 Å². The predicted octanol–water partition coefficient (Wildman–Crippen LogP) is 5.38. The Kier molecular flexibility index (Phi) is 7.90. The molecule has 0 aliphatic carbocycles. The third kappa shape index (κ3) is 5.94. The lowest BCUT2D eigenvalue weighted by molar-refractivity contribution is -0.138. The normalized spacial score (nSPS) is 13.5. The summed E-state index contributed by atoms with van der Waals surface area (Å²) >= 11 is 3.73. The van der Waals surface area contributed by atoms with Crippen molar-refractivity contribution in [1.29, 1.82) is 0 Å². The summed E-state index contributed by atoms with van der Waals surface area (Å²) in [7, 11) is 0. The molecule has 0 atom stereocenters. The van der Waals surface area contributed by atoms with Gasteiger partial charge in [-0.25, -0.2) is 4.79 Å². The highest BCUT2D eigenvalue weighted by Gasteiger charge is 2.22. The van der Waals surface area contributed by atoms with Crippen LogP contribution in [0.2, 0.25) is 0 Å². The number of fused-ring (bicyclic) bond motifs is 1. The molecule has 0 aromatic heterocycles. The summed E-state index contributed by atoms with van der Waals surface area (Å²) in [5.74, 6) is -0.263. The number of carbonyl (C=O) groups is 1. The maximum absolute atomic E-state index is 11.9. The Hall–Kier alpha value is -2.11. The van der Waals surface area contributed by atoms with Gasteiger partial charge >= 0.3 is 5.97 Å². The highest BCUT2D eigenvalue weighted by atomic mass is 79.9. The summed E-state index contributed by atoms with van der Waals surface area (Å²) in [6.07, 6.45) is 3.89. The van der Waals surface area contributed by atoms with Crippen molar-refractivity contribution in [3.05, 3.63) is 69.2 Å². The van der Waals surface area contributed by atoms with Crippen molar-refractivity contribution in [1.82, 2.24) is 0 Å². The molecule has 1 heterocycles. The molecule has 0 saturated carbocycles. The van der Waals surface area contributed by atoms with Crippen molar-refractivity contribution in [2.45, 2.75) is 33.3 Å². The molecule has 29 heavy (non-hydrogen) atoms. The van der Waals surface area contributed by atoms with Crippen molar-refractivity contribution >= 4 is 33.7 Å². The number of esters is 1. The second kappa shape index (κ2) is 10.6. The fourth-order valence-electron chi connectivity index (χ4n) is 3.57. The van der Waals surface area contributed by atoms with Crippen molar-refractivity contribution < 1.29 is 14.3 Å². The number of halogens is 1. The first-order chi connectivity index (χ1) is 14.1. The van der Waals surface area contributed by atoms with Crippen LogP contribution >= 0.6 is 15.9 Å². The van der Waals surface area contributed by atoms with Crippen molar-refractivity contribution in [3.8, 4) is 0 Å². The molecular weight excluding hydrogens is 430 g/mol. The van der Waals surface area contributed by atoms with Gasteiger partial charge < -0.3 is 14.4 Å². The lowest BCUT2D eigenvalue weighted by Gasteiger charge is -2.21. The minimum absolute atomic E-state index is 0.263. The summed E-state index contributed by atoms with van der Waals surface area (Å²) in [6, 6.07) is 14.5. The zero-order valence-corrected chi connectivity index (χ0v) is 18.7. The smallest absolute Gasteiger partial charge is 0.333 e. The van der Waals surface area contributed by atoms with Crippen molar-refractivity contribution in [2.24, 2.45) is 0 Å². The van der Waals surface area contributed by atoms with Gasteiger partial charge in [-0.1, -0.05) is 30.3 Å². The minimum atomic E-state index is -0.263. The average Bonchev–Trinajstić information content (AvgIpc) is 3.12. The second-order valence-corrected chi connectivity index (χ2v) is 8.04. The maximum Gasteiger partial charge on any atom is 0.333 e. The van der Waals surface area contributed by atoms with Crippen LogP contribution in [0.25, 0.3) is 6.08 Å². The molecule has 2 aromatic carbocycles. The highest BCUT2D eigenvalue weighted by molar-refractivity contribution is 9.10. The third-order valence-electron chi connectivity index (χ3n) is 4.94. The van der Waals surface area contributed by atoms with Crippen LogP contribution in [0.3, 0.4) is 0 Å². The van der Waals surface area contributed by atoms with Gasteiger partial charge in [-0.15, -0.1) is 0 Å². The summed E-state index contributed by atoms with van der Waals surface area (Å²) in [5.41, 5.74) is 5.42. The Morgan fingerprint density at radius 1 is 1.24 bits per heavy atom. The molecule has 5 heteroatoms. The zero-order chi connectivity index (χ0) is 20.6. The van der Waals surface area contributed by atoms with E-state index in [0.717, 1.165) is 42.6 Å². The van der Waals surface area contributed by atoms with Crippen LogP contribution in [0.15, 0.2) is 52.5 Å². The summed E-state index contributed by atoms with van der Waals surface area (Å²) in [4.78, 5) is 14.3. The molecule has 0 amide bonds. The number of ether oxygens (including phenoxy) is 2. The summed E-state index contributed by atoms with van der Waals surface area (Å²) in [5, 5.41) is 0. The maximum atomic E-state index is 11.9. The van der Waals surface area contributed by atoms with E-state index < -0.39 is 0 Å². The second-order valence-electron chi connectivity index (χ2n) is 7.19. The van der Waals surface area contributed by atoms with E-state index in [1.165, 1.54) is 16.8 Å². The molecule has 1 aliphatic heterocycles. The van der Waals surface area contributed by atoms with E-state index in [1.807, 2.05) is 31.2 Å². The van der Waals surface area contributed by atoms with Crippen LogP contribution in [0, 0.1) is 0 Å². The third-order valence-corrected chi connectivity index (χ3v) is 5.55. The summed E-state index contributed by atoms with van der Waals surface area (Å²) < 4.78 is 12.0. The topological polar surface area (TPSA) is 38.8 Å². The van der Waals surface area contributed by atoms with Gasteiger partial charge in [0.05, 0.1) is 18.9 Å². The molecule has 0 spiro atoms. The lowest BCUT2D eigenvalue weighted by atomic mass is 10.1. The van der Waals surface area contributed by atoms with Gasteiger partial charge in [-0.05, 0) is 77.5 Å². The number of benzene rings is 2. The Morgan fingerprint density at radius 3 is 2.79 bits per heavy atom. The monoisotopic (exact) mass is 457 g/mol. The quantitative estimate of drug-likeness (QED) is 0.287. The first-order valence-corrected chi connectivity index (χ1v) is 10.9. The molecule has 154 valence electrons. The number of carbonyl (C=O) groups excluding carboxylic acids is 1. The molecule has 3 rings (SSSR count). The van der Waals surface area contributed by atoms with Crippen molar-refractivity contribution in [2.75, 3.05) is 31.2 Å². The van der Waals surface area contributed by atoms with Gasteiger partial charge in [-0.3, -0.25) is 0 Å². The Labute approximate surface area is 181 Å². The van der Waals surface area contributed by atoms with E-state index in [4.69, 9.17) is 9.47 Å².